The fourth-order valence-electron chi connectivity index (χ4n) is 2.96. The first kappa shape index (κ1) is 15.1. The van der Waals surface area contributed by atoms with Gasteiger partial charge in [-0.05, 0) is 18.2 Å². The van der Waals surface area contributed by atoms with Crippen molar-refractivity contribution in [3.8, 4) is 5.75 Å². The smallest absolute Gasteiger partial charge is 0.352 e. The average Bonchev–Trinajstić information content (AvgIpc) is 2.85. The molecule has 0 aliphatic carbocycles. The minimum absolute atomic E-state index is 0.0152. The maximum absolute atomic E-state index is 12.1. The number of β-lactam (4-membered cyclic amide) rings is 1. The van der Waals surface area contributed by atoms with Crippen LogP contribution in [0.5, 0.6) is 5.75 Å². The van der Waals surface area contributed by atoms with Gasteiger partial charge in [0.05, 0.1) is 6.04 Å². The third-order valence-electron chi connectivity index (χ3n) is 4.01. The van der Waals surface area contributed by atoms with Gasteiger partial charge in [-0.3, -0.25) is 14.5 Å². The van der Waals surface area contributed by atoms with Gasteiger partial charge >= 0.3 is 5.97 Å². The molecule has 1 saturated heterocycles. The predicted molar refractivity (Wildman–Crippen MR) is 79.4 cm³/mol. The summed E-state index contributed by atoms with van der Waals surface area (Å²) in [5, 5.41) is 11.7. The molecule has 1 aromatic carbocycles. The number of carboxylic acid groups (broad SMARTS) is 1. The first-order valence-electron chi connectivity index (χ1n) is 7.24. The summed E-state index contributed by atoms with van der Waals surface area (Å²) in [7, 11) is 0. The van der Waals surface area contributed by atoms with E-state index in [2.05, 4.69) is 5.32 Å². The largest absolute Gasteiger partial charge is 0.484 e. The number of benzene rings is 1. The molecule has 120 valence electrons. The number of fused-ring (bicyclic) bond motifs is 1. The zero-order valence-electron chi connectivity index (χ0n) is 12.4. The molecule has 0 saturated carbocycles. The molecule has 2 aliphatic rings. The van der Waals surface area contributed by atoms with Crippen molar-refractivity contribution in [1.29, 1.82) is 0 Å². The lowest BCUT2D eigenvalue weighted by atomic mass is 9.88. The van der Waals surface area contributed by atoms with Crippen molar-refractivity contribution in [2.75, 3.05) is 6.61 Å². The van der Waals surface area contributed by atoms with Gasteiger partial charge in [0.1, 0.15) is 17.5 Å². The third-order valence-corrected chi connectivity index (χ3v) is 4.01. The van der Waals surface area contributed by atoms with Crippen LogP contribution in [0.2, 0.25) is 0 Å². The lowest BCUT2D eigenvalue weighted by molar-refractivity contribution is -0.154. The van der Waals surface area contributed by atoms with Gasteiger partial charge in [-0.15, -0.1) is 0 Å². The number of amides is 2. The number of aliphatic carboxylic acids is 1. The fraction of sp³-hybridized carbons (Fsp3) is 0.312. The third kappa shape index (κ3) is 2.65. The summed E-state index contributed by atoms with van der Waals surface area (Å²) in [6.07, 6.45) is 1.54. The summed E-state index contributed by atoms with van der Waals surface area (Å²) in [5.41, 5.74) is -0.0152. The van der Waals surface area contributed by atoms with E-state index in [1.54, 1.807) is 24.3 Å². The standard InChI is InChI=1S/C16H16N2O5/c1-9-7-11(16(21)22)18-14(9)13(15(18)20)17-12(19)8-23-10-5-3-2-4-6-10/h2-7,9,13-14H,8H2,1H3,(H,17,19)(H,21,22)/t9-,13+,14-/m1/s1. The first-order chi connectivity index (χ1) is 11.0. The van der Waals surface area contributed by atoms with Gasteiger partial charge in [0.25, 0.3) is 11.8 Å². The van der Waals surface area contributed by atoms with E-state index >= 15 is 0 Å². The second kappa shape index (κ2) is 5.75. The Bertz CT molecular complexity index is 685. The van der Waals surface area contributed by atoms with Crippen molar-refractivity contribution in [2.24, 2.45) is 5.92 Å². The Kier molecular flexibility index (Phi) is 3.77. The van der Waals surface area contributed by atoms with Crippen molar-refractivity contribution in [2.45, 2.75) is 19.0 Å². The molecule has 1 aromatic rings. The highest BCUT2D eigenvalue weighted by Gasteiger charge is 2.56. The van der Waals surface area contributed by atoms with Crippen molar-refractivity contribution >= 4 is 17.8 Å². The van der Waals surface area contributed by atoms with Crippen LogP contribution in [0.1, 0.15) is 6.92 Å². The fourth-order valence-corrected chi connectivity index (χ4v) is 2.96. The molecule has 0 bridgehead atoms. The quantitative estimate of drug-likeness (QED) is 0.766. The van der Waals surface area contributed by atoms with Gasteiger partial charge in [-0.1, -0.05) is 25.1 Å². The Morgan fingerprint density at radius 3 is 2.65 bits per heavy atom. The van der Waals surface area contributed by atoms with Crippen LogP contribution < -0.4 is 10.1 Å². The maximum atomic E-state index is 12.1. The van der Waals surface area contributed by atoms with E-state index in [9.17, 15) is 14.4 Å². The van der Waals surface area contributed by atoms with E-state index in [0.717, 1.165) is 0 Å². The number of nitrogens with zero attached hydrogens (tertiary/aromatic N) is 1. The summed E-state index contributed by atoms with van der Waals surface area (Å²) >= 11 is 0. The minimum atomic E-state index is -1.13. The van der Waals surface area contributed by atoms with Crippen LogP contribution in [0.4, 0.5) is 0 Å². The summed E-state index contributed by atoms with van der Waals surface area (Å²) < 4.78 is 5.33. The normalized spacial score (nSPS) is 25.3. The van der Waals surface area contributed by atoms with Gasteiger partial charge in [-0.25, -0.2) is 4.79 Å². The summed E-state index contributed by atoms with van der Waals surface area (Å²) in [4.78, 5) is 36.3. The molecule has 0 radical (unpaired) electrons. The highest BCUT2D eigenvalue weighted by atomic mass is 16.5. The molecule has 2 N–H and O–H groups in total. The second-order valence-corrected chi connectivity index (χ2v) is 5.56. The summed E-state index contributed by atoms with van der Waals surface area (Å²) in [6, 6.07) is 7.83. The molecular formula is C16H16N2O5. The average molecular weight is 316 g/mol. The summed E-state index contributed by atoms with van der Waals surface area (Å²) in [6.45, 7) is 1.62. The number of hydrogen-bond donors (Lipinski definition) is 2. The van der Waals surface area contributed by atoms with Gasteiger partial charge in [0.15, 0.2) is 6.61 Å². The van der Waals surface area contributed by atoms with Crippen LogP contribution in [-0.4, -0.2) is 46.5 Å². The van der Waals surface area contributed by atoms with E-state index in [0.29, 0.717) is 5.75 Å². The van der Waals surface area contributed by atoms with Gasteiger partial charge in [0, 0.05) is 5.92 Å². The number of ether oxygens (including phenoxy) is 1. The molecule has 7 nitrogen and oxygen atoms in total. The maximum Gasteiger partial charge on any atom is 0.352 e. The number of nitrogens with one attached hydrogen (secondary N) is 1. The van der Waals surface area contributed by atoms with Crippen LogP contribution in [0, 0.1) is 5.92 Å². The molecule has 2 aliphatic heterocycles. The minimum Gasteiger partial charge on any atom is -0.484 e. The Balaban J connectivity index is 1.57. The Labute approximate surface area is 132 Å². The topological polar surface area (TPSA) is 95.9 Å². The van der Waals surface area contributed by atoms with E-state index in [1.165, 1.54) is 11.0 Å². The molecule has 23 heavy (non-hydrogen) atoms. The number of carboxylic acids is 1. The Hall–Kier alpha value is -2.83. The van der Waals surface area contributed by atoms with E-state index in [4.69, 9.17) is 9.84 Å². The zero-order chi connectivity index (χ0) is 16.6. The lowest BCUT2D eigenvalue weighted by Crippen LogP contribution is -2.70. The van der Waals surface area contributed by atoms with Crippen molar-refractivity contribution in [3.05, 3.63) is 42.1 Å². The van der Waals surface area contributed by atoms with Gasteiger partial charge < -0.3 is 15.2 Å². The van der Waals surface area contributed by atoms with Crippen LogP contribution in [-0.2, 0) is 14.4 Å². The lowest BCUT2D eigenvalue weighted by Gasteiger charge is -2.45. The second-order valence-electron chi connectivity index (χ2n) is 5.56. The SMILES string of the molecule is C[C@@H]1C=C(C(=O)O)N2C(=O)[C@@H](NC(=O)COc3ccccc3)[C@@H]12. The molecule has 1 fully saturated rings. The molecule has 3 atom stereocenters. The monoisotopic (exact) mass is 316 g/mol. The van der Waals surface area contributed by atoms with Crippen LogP contribution in [0.15, 0.2) is 42.1 Å². The van der Waals surface area contributed by atoms with Crippen LogP contribution >= 0.6 is 0 Å². The number of rotatable bonds is 5. The highest BCUT2D eigenvalue weighted by molar-refractivity contribution is 6.02. The zero-order valence-corrected chi connectivity index (χ0v) is 12.4. The van der Waals surface area contributed by atoms with Crippen LogP contribution in [0.3, 0.4) is 0 Å². The van der Waals surface area contributed by atoms with Gasteiger partial charge in [0.2, 0.25) is 0 Å². The number of carbonyl (C=O) groups excluding carboxylic acids is 2. The van der Waals surface area contributed by atoms with E-state index < -0.39 is 23.8 Å². The van der Waals surface area contributed by atoms with E-state index in [1.807, 2.05) is 13.0 Å². The molecule has 0 aromatic heterocycles. The first-order valence-corrected chi connectivity index (χ1v) is 7.24. The van der Waals surface area contributed by atoms with Crippen LogP contribution in [0.25, 0.3) is 0 Å². The number of carbonyl (C=O) groups is 3. The predicted octanol–water partition coefficient (Wildman–Crippen LogP) is 0.379. The molecule has 3 rings (SSSR count). The molecule has 2 heterocycles. The van der Waals surface area contributed by atoms with Crippen molar-refractivity contribution < 1.29 is 24.2 Å². The number of hydrogen-bond acceptors (Lipinski definition) is 4. The van der Waals surface area contributed by atoms with Gasteiger partial charge in [-0.2, -0.15) is 0 Å². The molecular weight excluding hydrogens is 300 g/mol. The summed E-state index contributed by atoms with van der Waals surface area (Å²) in [5.74, 6) is -1.51. The number of para-hydroxylation sites is 1. The molecule has 0 unspecified atom stereocenters. The molecule has 0 spiro atoms. The Morgan fingerprint density at radius 2 is 2.00 bits per heavy atom. The highest BCUT2D eigenvalue weighted by Crippen LogP contribution is 2.37. The van der Waals surface area contributed by atoms with Crippen molar-refractivity contribution in [3.63, 3.8) is 0 Å². The molecule has 7 heteroatoms. The van der Waals surface area contributed by atoms with Crippen molar-refractivity contribution in [1.82, 2.24) is 10.2 Å². The van der Waals surface area contributed by atoms with E-state index in [-0.39, 0.29) is 24.3 Å². The Morgan fingerprint density at radius 1 is 1.30 bits per heavy atom. The molecule has 2 amide bonds.